The molecule has 3 rings (SSSR count). The highest BCUT2D eigenvalue weighted by molar-refractivity contribution is 7.95. The van der Waals surface area contributed by atoms with Crippen molar-refractivity contribution in [1.29, 1.82) is 2.67 Å². The van der Waals surface area contributed by atoms with Gasteiger partial charge in [0.2, 0.25) is 0 Å². The van der Waals surface area contributed by atoms with Gasteiger partial charge in [-0.1, -0.05) is 19.1 Å². The maximum atomic E-state index is 12.5. The monoisotopic (exact) mass is 420 g/mol. The van der Waals surface area contributed by atoms with Crippen LogP contribution in [-0.4, -0.2) is 49.4 Å². The number of ether oxygens (including phenoxy) is 1. The lowest BCUT2D eigenvalue weighted by Crippen LogP contribution is -2.28. The van der Waals surface area contributed by atoms with E-state index in [1.807, 2.05) is 6.92 Å². The van der Waals surface area contributed by atoms with Gasteiger partial charge in [-0.3, -0.25) is 9.36 Å². The van der Waals surface area contributed by atoms with E-state index in [0.29, 0.717) is 24.2 Å². The molecule has 0 spiro atoms. The maximum Gasteiger partial charge on any atom is 0.351 e. The summed E-state index contributed by atoms with van der Waals surface area (Å²) < 4.78 is 27.1. The van der Waals surface area contributed by atoms with Crippen molar-refractivity contribution in [2.24, 2.45) is 5.92 Å². The van der Waals surface area contributed by atoms with E-state index in [0.717, 1.165) is 12.0 Å². The normalized spacial score (nSPS) is 22.1. The lowest BCUT2D eigenvalue weighted by molar-refractivity contribution is -0.0232. The Morgan fingerprint density at radius 3 is 3.03 bits per heavy atom. The van der Waals surface area contributed by atoms with Crippen LogP contribution in [0.1, 0.15) is 35.5 Å². The fourth-order valence-electron chi connectivity index (χ4n) is 3.06. The van der Waals surface area contributed by atoms with Crippen LogP contribution < -0.4 is 11.0 Å². The average Bonchev–Trinajstić information content (AvgIpc) is 3.11. The number of nitrogens with zero attached hydrogens (tertiary/aromatic N) is 2. The summed E-state index contributed by atoms with van der Waals surface area (Å²) in [5, 5.41) is 11.7. The van der Waals surface area contributed by atoms with Crippen molar-refractivity contribution in [3.8, 4) is 0 Å². The number of aromatic nitrogens is 2. The molecular weight excluding hydrogens is 393 g/mol. The zero-order chi connectivity index (χ0) is 22.4. The minimum absolute atomic E-state index is 0.105. The molecule has 0 bridgehead atoms. The lowest BCUT2D eigenvalue weighted by atomic mass is 10.0. The molecule has 1 aromatic carbocycles. The highest BCUT2D eigenvalue weighted by atomic mass is 32.2. The topological polar surface area (TPSA) is 103 Å². The van der Waals surface area contributed by atoms with Gasteiger partial charge in [0.15, 0.2) is 0 Å². The molecular formula is C19H24BN3O5S. The van der Waals surface area contributed by atoms with E-state index in [1.54, 1.807) is 30.5 Å². The first-order chi connectivity index (χ1) is 14.9. The third-order valence-corrected chi connectivity index (χ3v) is 5.14. The van der Waals surface area contributed by atoms with Gasteiger partial charge in [0.05, 0.1) is 19.3 Å². The Morgan fingerprint density at radius 1 is 1.55 bits per heavy atom. The standard InChI is InChI=1S/C19H24BN3O5S/c1-12-8-17(28-15(12)10-27-29-11-20)23-7-6-16(22-19(23)26)21-18(25)14-4-2-13(9-24)3-5-14/h2-7,12,15,17,24H,8-11,20H2,1H3,(H,21,22,25,26)/t12-,15+,17+/m0/s1/i20TD. The molecule has 8 nitrogen and oxygen atoms in total. The molecule has 0 aliphatic carbocycles. The minimum atomic E-state index is -0.941. The van der Waals surface area contributed by atoms with Crippen LogP contribution in [0.25, 0.3) is 0 Å². The Labute approximate surface area is 177 Å². The van der Waals surface area contributed by atoms with Gasteiger partial charge in [-0.15, -0.1) is 0 Å². The van der Waals surface area contributed by atoms with Crippen LogP contribution in [0, 0.1) is 5.92 Å². The Bertz CT molecular complexity index is 947. The second kappa shape index (κ2) is 10.1. The van der Waals surface area contributed by atoms with Gasteiger partial charge in [0.25, 0.3) is 5.91 Å². The highest BCUT2D eigenvalue weighted by Crippen LogP contribution is 2.33. The Hall–Kier alpha value is -2.14. The number of rotatable bonds is 9. The molecule has 154 valence electrons. The van der Waals surface area contributed by atoms with E-state index in [9.17, 15) is 9.59 Å². The summed E-state index contributed by atoms with van der Waals surface area (Å²) in [6, 6.07) is 8.01. The van der Waals surface area contributed by atoms with Gasteiger partial charge in [-0.2, -0.15) is 4.98 Å². The molecule has 0 unspecified atom stereocenters. The number of nitrogens with one attached hydrogen (secondary N) is 1. The Balaban J connectivity index is 1.59. The lowest BCUT2D eigenvalue weighted by Gasteiger charge is -2.16. The number of anilines is 1. The van der Waals surface area contributed by atoms with Crippen molar-refractivity contribution >= 4 is 31.5 Å². The summed E-state index contributed by atoms with van der Waals surface area (Å²) in [5.41, 5.74) is 0.807. The van der Waals surface area contributed by atoms with Crippen molar-refractivity contribution in [3.05, 3.63) is 58.1 Å². The summed E-state index contributed by atoms with van der Waals surface area (Å²) in [6.07, 6.45) is 1.47. The van der Waals surface area contributed by atoms with Gasteiger partial charge in [-0.25, -0.2) is 4.79 Å². The van der Waals surface area contributed by atoms with Crippen LogP contribution in [0.2, 0.25) is 0 Å². The summed E-state index contributed by atoms with van der Waals surface area (Å²) in [4.78, 5) is 28.8. The molecule has 1 aromatic heterocycles. The number of carbonyl (C=O) groups is 1. The van der Waals surface area contributed by atoms with Crippen molar-refractivity contribution in [3.63, 3.8) is 0 Å². The smallest absolute Gasteiger partial charge is 0.351 e. The van der Waals surface area contributed by atoms with Gasteiger partial charge in [0, 0.05) is 11.8 Å². The van der Waals surface area contributed by atoms with E-state index < -0.39 is 25.6 Å². The Morgan fingerprint density at radius 2 is 2.34 bits per heavy atom. The summed E-state index contributed by atoms with van der Waals surface area (Å²) in [5.74, 6) is -0.112. The van der Waals surface area contributed by atoms with Crippen LogP contribution in [0.3, 0.4) is 0 Å². The van der Waals surface area contributed by atoms with Crippen LogP contribution >= 0.6 is 12.0 Å². The highest BCUT2D eigenvalue weighted by Gasteiger charge is 2.34. The van der Waals surface area contributed by atoms with Crippen molar-refractivity contribution in [2.45, 2.75) is 32.3 Å². The molecule has 1 aliphatic heterocycles. The molecule has 1 amide bonds. The minimum Gasteiger partial charge on any atom is -0.392 e. The van der Waals surface area contributed by atoms with E-state index in [1.165, 1.54) is 10.6 Å². The summed E-state index contributed by atoms with van der Waals surface area (Å²) >= 11 is 1.07. The molecule has 1 fully saturated rings. The van der Waals surface area contributed by atoms with Crippen molar-refractivity contribution < 1.29 is 18.8 Å². The molecule has 10 heteroatoms. The fourth-order valence-corrected chi connectivity index (χ4v) is 3.39. The molecule has 29 heavy (non-hydrogen) atoms. The fraction of sp³-hybridized carbons (Fsp3) is 0.421. The third-order valence-electron chi connectivity index (χ3n) is 4.70. The predicted octanol–water partition coefficient (Wildman–Crippen LogP) is 1.17. The second-order valence-electron chi connectivity index (χ2n) is 6.72. The zero-order valence-corrected chi connectivity index (χ0v) is 16.8. The number of aliphatic hydroxyl groups excluding tert-OH is 1. The number of hydrogen-bond acceptors (Lipinski definition) is 7. The largest absolute Gasteiger partial charge is 0.392 e. The first kappa shape index (κ1) is 18.9. The number of benzene rings is 1. The van der Waals surface area contributed by atoms with Gasteiger partial charge < -0.3 is 19.3 Å². The van der Waals surface area contributed by atoms with E-state index >= 15 is 0 Å². The van der Waals surface area contributed by atoms with Crippen LogP contribution in [0.15, 0.2) is 41.3 Å². The Kier molecular flexibility index (Phi) is 6.55. The van der Waals surface area contributed by atoms with Gasteiger partial charge in [0.1, 0.15) is 19.8 Å². The second-order valence-corrected chi connectivity index (χ2v) is 7.53. The number of carbonyl (C=O) groups excluding carboxylic acids is 1. The third kappa shape index (κ3) is 5.48. The van der Waals surface area contributed by atoms with E-state index in [2.05, 4.69) is 10.3 Å². The molecule has 2 heterocycles. The zero-order valence-electron chi connectivity index (χ0n) is 18.0. The van der Waals surface area contributed by atoms with E-state index in [4.69, 9.17) is 16.7 Å². The predicted molar refractivity (Wildman–Crippen MR) is 113 cm³/mol. The summed E-state index contributed by atoms with van der Waals surface area (Å²) in [7, 11) is -0.941. The van der Waals surface area contributed by atoms with Crippen molar-refractivity contribution in [1.82, 2.24) is 9.55 Å². The van der Waals surface area contributed by atoms with Crippen LogP contribution in [-0.2, 0) is 15.5 Å². The molecule has 2 N–H and O–H groups in total. The molecule has 1 saturated heterocycles. The van der Waals surface area contributed by atoms with Gasteiger partial charge in [-0.05, 0) is 56.5 Å². The van der Waals surface area contributed by atoms with Crippen molar-refractivity contribution in [2.75, 3.05) is 17.6 Å². The van der Waals surface area contributed by atoms with Crippen LogP contribution in [0.4, 0.5) is 5.82 Å². The molecule has 0 saturated carbocycles. The van der Waals surface area contributed by atoms with Crippen LogP contribution in [0.5, 0.6) is 0 Å². The number of hydrogen-bond donors (Lipinski definition) is 2. The number of aliphatic hydroxyl groups is 1. The average molecular weight is 420 g/mol. The molecule has 2 aromatic rings. The SMILES string of the molecule is [2H]B([3H])CSOC[C@H]1O[C@@H](n2ccc(NC(=O)c3ccc(CO)cc3)nc2=O)C[C@@H]1C. The van der Waals surface area contributed by atoms with E-state index in [-0.39, 0.29) is 30.1 Å². The number of amides is 1. The molecule has 0 radical (unpaired) electrons. The van der Waals surface area contributed by atoms with Gasteiger partial charge >= 0.3 is 5.69 Å². The maximum absolute atomic E-state index is 12.5. The summed E-state index contributed by atoms with van der Waals surface area (Å²) in [6.45, 7) is 2.21. The first-order valence-corrected chi connectivity index (χ1v) is 10.1. The molecule has 3 atom stereocenters. The molecule has 1 aliphatic rings. The quantitative estimate of drug-likeness (QED) is 0.357. The first-order valence-electron chi connectivity index (χ1n) is 10.4.